The van der Waals surface area contributed by atoms with Gasteiger partial charge in [-0.3, -0.25) is 4.79 Å². The first-order chi connectivity index (χ1) is 10.6. The van der Waals surface area contributed by atoms with Gasteiger partial charge in [-0.25, -0.2) is 9.97 Å². The van der Waals surface area contributed by atoms with Gasteiger partial charge in [-0.1, -0.05) is 12.1 Å². The van der Waals surface area contributed by atoms with Gasteiger partial charge < -0.3 is 15.2 Å². The maximum atomic E-state index is 10.6. The molecule has 2 N–H and O–H groups in total. The third-order valence-electron chi connectivity index (χ3n) is 2.94. The van der Waals surface area contributed by atoms with Gasteiger partial charge in [-0.15, -0.1) is 0 Å². The van der Waals surface area contributed by atoms with Crippen LogP contribution >= 0.6 is 0 Å². The van der Waals surface area contributed by atoms with Crippen LogP contribution in [0.25, 0.3) is 11.3 Å². The highest BCUT2D eigenvalue weighted by atomic mass is 16.5. The molecule has 0 radical (unpaired) electrons. The number of benzene rings is 1. The number of aliphatic carboxylic acids is 1. The second kappa shape index (κ2) is 7.40. The van der Waals surface area contributed by atoms with Gasteiger partial charge in [0, 0.05) is 17.8 Å². The number of aryl methyl sites for hydroxylation is 1. The molecule has 1 aromatic carbocycles. The van der Waals surface area contributed by atoms with Crippen LogP contribution in [0.1, 0.15) is 19.0 Å². The Bertz CT molecular complexity index is 659. The van der Waals surface area contributed by atoms with E-state index in [1.165, 1.54) is 0 Å². The fourth-order valence-electron chi connectivity index (χ4n) is 2.03. The van der Waals surface area contributed by atoms with Crippen LogP contribution in [0.5, 0.6) is 5.75 Å². The molecule has 22 heavy (non-hydrogen) atoms. The molecule has 0 unspecified atom stereocenters. The average molecular weight is 301 g/mol. The summed E-state index contributed by atoms with van der Waals surface area (Å²) in [7, 11) is 0. The van der Waals surface area contributed by atoms with E-state index in [1.54, 1.807) is 0 Å². The first-order valence-corrected chi connectivity index (χ1v) is 7.13. The van der Waals surface area contributed by atoms with Gasteiger partial charge in [0.1, 0.15) is 5.75 Å². The zero-order valence-corrected chi connectivity index (χ0v) is 12.7. The topological polar surface area (TPSA) is 84.3 Å². The molecule has 0 amide bonds. The summed E-state index contributed by atoms with van der Waals surface area (Å²) >= 11 is 0. The van der Waals surface area contributed by atoms with Crippen molar-refractivity contribution in [3.8, 4) is 17.0 Å². The third kappa shape index (κ3) is 4.18. The summed E-state index contributed by atoms with van der Waals surface area (Å²) in [5, 5.41) is 11.6. The molecule has 0 fully saturated rings. The van der Waals surface area contributed by atoms with Gasteiger partial charge in [0.05, 0.1) is 18.7 Å². The van der Waals surface area contributed by atoms with Crippen molar-refractivity contribution >= 4 is 11.9 Å². The van der Waals surface area contributed by atoms with E-state index in [-0.39, 0.29) is 13.0 Å². The van der Waals surface area contributed by atoms with E-state index < -0.39 is 5.97 Å². The number of aromatic nitrogens is 2. The van der Waals surface area contributed by atoms with E-state index in [2.05, 4.69) is 15.3 Å². The summed E-state index contributed by atoms with van der Waals surface area (Å²) in [6, 6.07) is 9.54. The van der Waals surface area contributed by atoms with Crippen LogP contribution in [0, 0.1) is 6.92 Å². The molecule has 6 heteroatoms. The third-order valence-corrected chi connectivity index (χ3v) is 2.94. The summed E-state index contributed by atoms with van der Waals surface area (Å²) in [6.45, 7) is 4.66. The minimum absolute atomic E-state index is 0.0160. The lowest BCUT2D eigenvalue weighted by Crippen LogP contribution is -2.10. The Morgan fingerprint density at radius 3 is 2.82 bits per heavy atom. The molecular weight excluding hydrogens is 282 g/mol. The Kier molecular flexibility index (Phi) is 5.30. The Labute approximate surface area is 129 Å². The Morgan fingerprint density at radius 2 is 2.09 bits per heavy atom. The predicted molar refractivity (Wildman–Crippen MR) is 84.1 cm³/mol. The largest absolute Gasteiger partial charge is 0.493 e. The maximum Gasteiger partial charge on any atom is 0.305 e. The van der Waals surface area contributed by atoms with Gasteiger partial charge >= 0.3 is 5.97 Å². The molecular formula is C16H19N3O3. The van der Waals surface area contributed by atoms with Gasteiger partial charge in [0.15, 0.2) is 0 Å². The Balaban J connectivity index is 2.28. The van der Waals surface area contributed by atoms with Gasteiger partial charge in [-0.2, -0.15) is 0 Å². The van der Waals surface area contributed by atoms with Gasteiger partial charge in [-0.05, 0) is 32.0 Å². The number of nitrogens with zero attached hydrogens (tertiary/aromatic N) is 2. The zero-order chi connectivity index (χ0) is 15.9. The molecule has 2 aromatic rings. The molecule has 6 nitrogen and oxygen atoms in total. The first kappa shape index (κ1) is 15.8. The first-order valence-electron chi connectivity index (χ1n) is 7.13. The summed E-state index contributed by atoms with van der Waals surface area (Å²) in [5.74, 6) is 0.323. The summed E-state index contributed by atoms with van der Waals surface area (Å²) in [4.78, 5) is 19.3. The summed E-state index contributed by atoms with van der Waals surface area (Å²) in [5.41, 5.74) is 2.43. The number of carboxylic acids is 1. The molecule has 0 aliphatic heterocycles. The number of nitrogens with one attached hydrogen (secondary N) is 1. The highest BCUT2D eigenvalue weighted by Crippen LogP contribution is 2.29. The van der Waals surface area contributed by atoms with E-state index in [0.717, 1.165) is 22.7 Å². The number of anilines is 1. The number of hydrogen-bond donors (Lipinski definition) is 2. The summed E-state index contributed by atoms with van der Waals surface area (Å²) < 4.78 is 5.63. The van der Waals surface area contributed by atoms with E-state index in [1.807, 2.05) is 44.2 Å². The van der Waals surface area contributed by atoms with Gasteiger partial charge in [0.2, 0.25) is 5.95 Å². The maximum absolute atomic E-state index is 10.6. The molecule has 1 heterocycles. The lowest BCUT2D eigenvalue weighted by atomic mass is 10.1. The van der Waals surface area contributed by atoms with E-state index >= 15 is 0 Å². The van der Waals surface area contributed by atoms with Crippen molar-refractivity contribution in [2.24, 2.45) is 0 Å². The van der Waals surface area contributed by atoms with Crippen molar-refractivity contribution in [3.05, 3.63) is 36.0 Å². The summed E-state index contributed by atoms with van der Waals surface area (Å²) in [6.07, 6.45) is 0.0160. The molecule has 2 rings (SSSR count). The molecule has 0 spiro atoms. The molecule has 0 saturated heterocycles. The second-order valence-corrected chi connectivity index (χ2v) is 4.72. The van der Waals surface area contributed by atoms with E-state index in [0.29, 0.717) is 12.6 Å². The fourth-order valence-corrected chi connectivity index (χ4v) is 2.03. The number of rotatable bonds is 7. The normalized spacial score (nSPS) is 10.3. The lowest BCUT2D eigenvalue weighted by molar-refractivity contribution is -0.136. The molecule has 1 aromatic heterocycles. The lowest BCUT2D eigenvalue weighted by Gasteiger charge is -2.11. The van der Waals surface area contributed by atoms with Crippen LogP contribution in [0.3, 0.4) is 0 Å². The molecule has 0 aliphatic rings. The monoisotopic (exact) mass is 301 g/mol. The minimum atomic E-state index is -0.859. The fraction of sp³-hybridized carbons (Fsp3) is 0.312. The Morgan fingerprint density at radius 1 is 1.32 bits per heavy atom. The number of carbonyl (C=O) groups is 1. The van der Waals surface area contributed by atoms with Crippen molar-refractivity contribution in [2.45, 2.75) is 20.3 Å². The van der Waals surface area contributed by atoms with Crippen LogP contribution in [0.15, 0.2) is 30.3 Å². The highest BCUT2D eigenvalue weighted by Gasteiger charge is 2.10. The minimum Gasteiger partial charge on any atom is -0.493 e. The Hall–Kier alpha value is -2.63. The van der Waals surface area contributed by atoms with Crippen molar-refractivity contribution in [3.63, 3.8) is 0 Å². The van der Waals surface area contributed by atoms with Crippen molar-refractivity contribution in [1.29, 1.82) is 0 Å². The SMILES string of the molecule is CCOc1ccccc1-c1cc(C)nc(NCCC(=O)O)n1. The van der Waals surface area contributed by atoms with Crippen LogP contribution in [0.2, 0.25) is 0 Å². The molecule has 0 bridgehead atoms. The number of ether oxygens (including phenoxy) is 1. The van der Waals surface area contributed by atoms with Crippen molar-refractivity contribution in [1.82, 2.24) is 9.97 Å². The van der Waals surface area contributed by atoms with Crippen LogP contribution in [-0.2, 0) is 4.79 Å². The van der Waals surface area contributed by atoms with Gasteiger partial charge in [0.25, 0.3) is 0 Å². The molecule has 116 valence electrons. The highest BCUT2D eigenvalue weighted by molar-refractivity contribution is 5.69. The number of hydrogen-bond acceptors (Lipinski definition) is 5. The van der Waals surface area contributed by atoms with Crippen molar-refractivity contribution in [2.75, 3.05) is 18.5 Å². The standard InChI is InChI=1S/C16H19N3O3/c1-3-22-14-7-5-4-6-12(14)13-10-11(2)18-16(19-13)17-9-8-15(20)21/h4-7,10H,3,8-9H2,1-2H3,(H,20,21)(H,17,18,19). The quantitative estimate of drug-likeness (QED) is 0.818. The van der Waals surface area contributed by atoms with Crippen LogP contribution in [-0.4, -0.2) is 34.2 Å². The predicted octanol–water partition coefficient (Wildman–Crippen LogP) is 2.74. The zero-order valence-electron chi connectivity index (χ0n) is 12.7. The van der Waals surface area contributed by atoms with Crippen LogP contribution < -0.4 is 10.1 Å². The van der Waals surface area contributed by atoms with Crippen molar-refractivity contribution < 1.29 is 14.6 Å². The molecule has 0 atom stereocenters. The average Bonchev–Trinajstić information content (AvgIpc) is 2.47. The van der Waals surface area contributed by atoms with Crippen LogP contribution in [0.4, 0.5) is 5.95 Å². The van der Waals surface area contributed by atoms with E-state index in [4.69, 9.17) is 9.84 Å². The number of para-hydroxylation sites is 1. The number of carboxylic acid groups (broad SMARTS) is 1. The smallest absolute Gasteiger partial charge is 0.305 e. The second-order valence-electron chi connectivity index (χ2n) is 4.72. The van der Waals surface area contributed by atoms with E-state index in [9.17, 15) is 4.79 Å². The molecule has 0 aliphatic carbocycles. The molecule has 0 saturated carbocycles.